The van der Waals surface area contributed by atoms with Crippen LogP contribution in [-0.4, -0.2) is 34.6 Å². The number of aromatic nitrogens is 2. The average molecular weight is 265 g/mol. The van der Waals surface area contributed by atoms with Gasteiger partial charge in [-0.05, 0) is 40.5 Å². The zero-order valence-corrected chi connectivity index (χ0v) is 12.8. The van der Waals surface area contributed by atoms with Gasteiger partial charge in [0.2, 0.25) is 0 Å². The molecule has 1 aromatic heterocycles. The summed E-state index contributed by atoms with van der Waals surface area (Å²) in [4.78, 5) is 8.43. The molecule has 1 aromatic rings. The summed E-state index contributed by atoms with van der Waals surface area (Å²) in [5, 5.41) is 6.68. The zero-order chi connectivity index (χ0) is 14.3. The minimum absolute atomic E-state index is 0.0375. The normalized spacial score (nSPS) is 12.6. The molecule has 0 saturated carbocycles. The number of hydrogen-bond acceptors (Lipinski definition) is 2. The van der Waals surface area contributed by atoms with Crippen molar-refractivity contribution in [3.05, 3.63) is 18.2 Å². The van der Waals surface area contributed by atoms with Gasteiger partial charge in [-0.25, -0.2) is 4.98 Å². The summed E-state index contributed by atoms with van der Waals surface area (Å²) in [5.41, 5.74) is 0.0375. The van der Waals surface area contributed by atoms with Crippen molar-refractivity contribution in [2.24, 2.45) is 4.99 Å². The van der Waals surface area contributed by atoms with Crippen molar-refractivity contribution in [3.8, 4) is 0 Å². The highest BCUT2D eigenvalue weighted by molar-refractivity contribution is 5.80. The Labute approximate surface area is 116 Å². The largest absolute Gasteiger partial charge is 0.356 e. The molecule has 0 fully saturated rings. The Balaban J connectivity index is 2.18. The van der Waals surface area contributed by atoms with Crippen LogP contribution in [0.15, 0.2) is 17.4 Å². The third-order valence-corrected chi connectivity index (χ3v) is 2.76. The number of rotatable bonds is 5. The summed E-state index contributed by atoms with van der Waals surface area (Å²) in [6.45, 7) is 10.4. The molecule has 1 heterocycles. The van der Waals surface area contributed by atoms with Crippen molar-refractivity contribution in [2.75, 3.05) is 13.6 Å². The van der Waals surface area contributed by atoms with Crippen LogP contribution in [0.1, 0.15) is 39.4 Å². The highest BCUT2D eigenvalue weighted by Crippen LogP contribution is 2.00. The maximum absolute atomic E-state index is 4.22. The molecule has 0 aliphatic rings. The number of unbranched alkanes of at least 4 members (excludes halogenated alkanes) is 1. The SMILES string of the molecule is CN=C(NCCCCn1ccnc1C)NC(C)(C)C. The van der Waals surface area contributed by atoms with E-state index in [0.717, 1.165) is 37.7 Å². The Kier molecular flexibility index (Phi) is 5.86. The van der Waals surface area contributed by atoms with Gasteiger partial charge in [0, 0.05) is 38.1 Å². The van der Waals surface area contributed by atoms with Gasteiger partial charge in [0.25, 0.3) is 0 Å². The van der Waals surface area contributed by atoms with Crippen molar-refractivity contribution < 1.29 is 0 Å². The van der Waals surface area contributed by atoms with E-state index in [1.807, 2.05) is 19.3 Å². The van der Waals surface area contributed by atoms with Crippen molar-refractivity contribution in [2.45, 2.75) is 52.6 Å². The molecule has 0 radical (unpaired) electrons. The maximum Gasteiger partial charge on any atom is 0.191 e. The number of imidazole rings is 1. The second-order valence-electron chi connectivity index (χ2n) is 5.75. The third-order valence-electron chi connectivity index (χ3n) is 2.76. The predicted octanol–water partition coefficient (Wildman–Crippen LogP) is 1.94. The van der Waals surface area contributed by atoms with Crippen LogP contribution in [0.25, 0.3) is 0 Å². The molecule has 108 valence electrons. The molecule has 0 atom stereocenters. The Morgan fingerprint density at radius 2 is 2.11 bits per heavy atom. The Bertz CT molecular complexity index is 400. The van der Waals surface area contributed by atoms with E-state index in [0.29, 0.717) is 0 Å². The molecule has 5 heteroatoms. The fourth-order valence-electron chi connectivity index (χ4n) is 1.79. The molecule has 0 spiro atoms. The number of aliphatic imine (C=N–C) groups is 1. The molecule has 0 amide bonds. The first-order valence-electron chi connectivity index (χ1n) is 6.89. The van der Waals surface area contributed by atoms with Crippen LogP contribution < -0.4 is 10.6 Å². The summed E-state index contributed by atoms with van der Waals surface area (Å²) in [7, 11) is 1.80. The molecule has 0 aliphatic carbocycles. The van der Waals surface area contributed by atoms with E-state index in [1.54, 1.807) is 7.05 Å². The van der Waals surface area contributed by atoms with Crippen LogP contribution >= 0.6 is 0 Å². The number of nitrogens with one attached hydrogen (secondary N) is 2. The van der Waals surface area contributed by atoms with Gasteiger partial charge in [-0.1, -0.05) is 0 Å². The number of nitrogens with zero attached hydrogens (tertiary/aromatic N) is 3. The van der Waals surface area contributed by atoms with Gasteiger partial charge >= 0.3 is 0 Å². The summed E-state index contributed by atoms with van der Waals surface area (Å²) in [6, 6.07) is 0. The lowest BCUT2D eigenvalue weighted by molar-refractivity contribution is 0.499. The lowest BCUT2D eigenvalue weighted by atomic mass is 10.1. The van der Waals surface area contributed by atoms with Gasteiger partial charge < -0.3 is 15.2 Å². The van der Waals surface area contributed by atoms with E-state index in [-0.39, 0.29) is 5.54 Å². The number of aryl methyl sites for hydroxylation is 2. The van der Waals surface area contributed by atoms with Gasteiger partial charge in [0.05, 0.1) is 0 Å². The van der Waals surface area contributed by atoms with Crippen molar-refractivity contribution in [1.29, 1.82) is 0 Å². The Morgan fingerprint density at radius 3 is 2.63 bits per heavy atom. The monoisotopic (exact) mass is 265 g/mol. The standard InChI is InChI=1S/C14H27N5/c1-12-16-9-11-19(12)10-7-6-8-17-13(15-5)18-14(2,3)4/h9,11H,6-8,10H2,1-5H3,(H2,15,17,18). The first kappa shape index (κ1) is 15.5. The van der Waals surface area contributed by atoms with Crippen molar-refractivity contribution in [3.63, 3.8) is 0 Å². The van der Waals surface area contributed by atoms with E-state index in [1.165, 1.54) is 0 Å². The molecular weight excluding hydrogens is 238 g/mol. The Hall–Kier alpha value is -1.52. The lowest BCUT2D eigenvalue weighted by Gasteiger charge is -2.23. The fourth-order valence-corrected chi connectivity index (χ4v) is 1.79. The third kappa shape index (κ3) is 6.27. The average Bonchev–Trinajstić information content (AvgIpc) is 2.71. The van der Waals surface area contributed by atoms with Gasteiger partial charge in [-0.2, -0.15) is 0 Å². The molecule has 0 saturated heterocycles. The zero-order valence-electron chi connectivity index (χ0n) is 12.8. The lowest BCUT2D eigenvalue weighted by Crippen LogP contribution is -2.47. The van der Waals surface area contributed by atoms with Crippen LogP contribution in [0, 0.1) is 6.92 Å². The quantitative estimate of drug-likeness (QED) is 0.486. The smallest absolute Gasteiger partial charge is 0.191 e. The molecule has 0 aromatic carbocycles. The topological polar surface area (TPSA) is 54.2 Å². The fraction of sp³-hybridized carbons (Fsp3) is 0.714. The van der Waals surface area contributed by atoms with Gasteiger partial charge in [0.15, 0.2) is 5.96 Å². The van der Waals surface area contributed by atoms with Crippen LogP contribution in [0.5, 0.6) is 0 Å². The first-order chi connectivity index (χ1) is 8.92. The van der Waals surface area contributed by atoms with Crippen molar-refractivity contribution in [1.82, 2.24) is 20.2 Å². The summed E-state index contributed by atoms with van der Waals surface area (Å²) in [6.07, 6.45) is 6.13. The summed E-state index contributed by atoms with van der Waals surface area (Å²) in [5.74, 6) is 1.95. The second kappa shape index (κ2) is 7.16. The van der Waals surface area contributed by atoms with Gasteiger partial charge in [-0.3, -0.25) is 4.99 Å². The molecule has 0 aliphatic heterocycles. The van der Waals surface area contributed by atoms with Gasteiger partial charge in [-0.15, -0.1) is 0 Å². The molecular formula is C14H27N5. The van der Waals surface area contributed by atoms with Crippen LogP contribution in [0.4, 0.5) is 0 Å². The van der Waals surface area contributed by atoms with Gasteiger partial charge in [0.1, 0.15) is 5.82 Å². The minimum atomic E-state index is 0.0375. The minimum Gasteiger partial charge on any atom is -0.356 e. The highest BCUT2D eigenvalue weighted by atomic mass is 15.2. The van der Waals surface area contributed by atoms with E-state index in [4.69, 9.17) is 0 Å². The predicted molar refractivity (Wildman–Crippen MR) is 80.4 cm³/mol. The van der Waals surface area contributed by atoms with Crippen LogP contribution in [0.2, 0.25) is 0 Å². The molecule has 1 rings (SSSR count). The van der Waals surface area contributed by atoms with Crippen LogP contribution in [0.3, 0.4) is 0 Å². The summed E-state index contributed by atoms with van der Waals surface area (Å²) < 4.78 is 2.18. The molecule has 0 bridgehead atoms. The van der Waals surface area contributed by atoms with E-state index in [2.05, 4.69) is 45.9 Å². The first-order valence-corrected chi connectivity index (χ1v) is 6.89. The van der Waals surface area contributed by atoms with E-state index >= 15 is 0 Å². The maximum atomic E-state index is 4.22. The Morgan fingerprint density at radius 1 is 1.37 bits per heavy atom. The van der Waals surface area contributed by atoms with E-state index < -0.39 is 0 Å². The van der Waals surface area contributed by atoms with Crippen molar-refractivity contribution >= 4 is 5.96 Å². The molecule has 5 nitrogen and oxygen atoms in total. The van der Waals surface area contributed by atoms with E-state index in [9.17, 15) is 0 Å². The molecule has 2 N–H and O–H groups in total. The summed E-state index contributed by atoms with van der Waals surface area (Å²) >= 11 is 0. The molecule has 0 unspecified atom stereocenters. The molecule has 19 heavy (non-hydrogen) atoms. The van der Waals surface area contributed by atoms with Crippen LogP contribution in [-0.2, 0) is 6.54 Å². The number of hydrogen-bond donors (Lipinski definition) is 2. The second-order valence-corrected chi connectivity index (χ2v) is 5.75. The highest BCUT2D eigenvalue weighted by Gasteiger charge is 2.10. The number of guanidine groups is 1.